The third-order valence-corrected chi connectivity index (χ3v) is 4.25. The van der Waals surface area contributed by atoms with Crippen molar-refractivity contribution in [3.63, 3.8) is 0 Å². The first-order chi connectivity index (χ1) is 9.25. The van der Waals surface area contributed by atoms with Gasteiger partial charge in [-0.2, -0.15) is 0 Å². The average Bonchev–Trinajstić information content (AvgIpc) is 2.65. The molecule has 0 unspecified atom stereocenters. The third-order valence-electron chi connectivity index (χ3n) is 3.34. The number of methoxy groups -OCH3 is 1. The van der Waals surface area contributed by atoms with E-state index in [1.54, 1.807) is 7.11 Å². The van der Waals surface area contributed by atoms with Gasteiger partial charge in [0.25, 0.3) is 0 Å². The standard InChI is InChI=1S/C15H20BrN3O/c1-15(2,3)10-8-9(6-7-11(10)20-5)12-13(16)19(4)14(17)18-12/h6-8H,1-5H3,(H2,17,18). The maximum absolute atomic E-state index is 5.86. The molecule has 1 aromatic heterocycles. The van der Waals surface area contributed by atoms with Gasteiger partial charge in [0.2, 0.25) is 5.95 Å². The normalized spacial score (nSPS) is 11.7. The monoisotopic (exact) mass is 337 g/mol. The zero-order valence-electron chi connectivity index (χ0n) is 12.5. The minimum Gasteiger partial charge on any atom is -0.496 e. The van der Waals surface area contributed by atoms with Crippen LogP contribution in [-0.2, 0) is 12.5 Å². The van der Waals surface area contributed by atoms with Crippen molar-refractivity contribution in [3.8, 4) is 17.0 Å². The second-order valence-corrected chi connectivity index (χ2v) is 6.58. The van der Waals surface area contributed by atoms with E-state index in [0.717, 1.165) is 27.2 Å². The Labute approximate surface area is 128 Å². The van der Waals surface area contributed by atoms with Gasteiger partial charge < -0.3 is 15.0 Å². The van der Waals surface area contributed by atoms with Crippen LogP contribution >= 0.6 is 15.9 Å². The summed E-state index contributed by atoms with van der Waals surface area (Å²) < 4.78 is 8.15. The van der Waals surface area contributed by atoms with Crippen molar-refractivity contribution in [2.45, 2.75) is 26.2 Å². The van der Waals surface area contributed by atoms with Crippen LogP contribution in [0.4, 0.5) is 5.95 Å². The van der Waals surface area contributed by atoms with Gasteiger partial charge in [0, 0.05) is 18.2 Å². The highest BCUT2D eigenvalue weighted by Gasteiger charge is 2.21. The number of hydrogen-bond acceptors (Lipinski definition) is 3. The summed E-state index contributed by atoms with van der Waals surface area (Å²) in [5.74, 6) is 1.38. The number of ether oxygens (including phenoxy) is 1. The maximum Gasteiger partial charge on any atom is 0.201 e. The molecule has 0 aliphatic carbocycles. The summed E-state index contributed by atoms with van der Waals surface area (Å²) >= 11 is 3.54. The van der Waals surface area contributed by atoms with Crippen LogP contribution in [0, 0.1) is 0 Å². The van der Waals surface area contributed by atoms with Crippen molar-refractivity contribution >= 4 is 21.9 Å². The van der Waals surface area contributed by atoms with Crippen LogP contribution in [0.25, 0.3) is 11.3 Å². The molecule has 0 fully saturated rings. The average molecular weight is 338 g/mol. The molecule has 1 heterocycles. The van der Waals surface area contributed by atoms with Gasteiger partial charge in [-0.3, -0.25) is 0 Å². The summed E-state index contributed by atoms with van der Waals surface area (Å²) in [4.78, 5) is 4.41. The molecule has 0 bridgehead atoms. The Hall–Kier alpha value is -1.49. The Kier molecular flexibility index (Phi) is 3.82. The van der Waals surface area contributed by atoms with E-state index in [1.165, 1.54) is 0 Å². The second kappa shape index (κ2) is 5.13. The lowest BCUT2D eigenvalue weighted by Crippen LogP contribution is -2.13. The molecule has 20 heavy (non-hydrogen) atoms. The van der Waals surface area contributed by atoms with Gasteiger partial charge in [-0.25, -0.2) is 4.98 Å². The molecule has 2 rings (SSSR count). The highest BCUT2D eigenvalue weighted by Crippen LogP contribution is 2.36. The Morgan fingerprint density at radius 3 is 2.40 bits per heavy atom. The lowest BCUT2D eigenvalue weighted by Gasteiger charge is -2.22. The van der Waals surface area contributed by atoms with Gasteiger partial charge in [0.15, 0.2) is 0 Å². The van der Waals surface area contributed by atoms with Gasteiger partial charge in [-0.1, -0.05) is 20.8 Å². The molecule has 5 heteroatoms. The maximum atomic E-state index is 5.86. The molecule has 2 aromatic rings. The van der Waals surface area contributed by atoms with E-state index in [0.29, 0.717) is 5.95 Å². The minimum absolute atomic E-state index is 0.00580. The zero-order chi connectivity index (χ0) is 15.1. The number of rotatable bonds is 2. The smallest absolute Gasteiger partial charge is 0.201 e. The van der Waals surface area contributed by atoms with Crippen molar-refractivity contribution < 1.29 is 4.74 Å². The van der Waals surface area contributed by atoms with Crippen LogP contribution < -0.4 is 10.5 Å². The van der Waals surface area contributed by atoms with Gasteiger partial charge in [0.05, 0.1) is 7.11 Å². The van der Waals surface area contributed by atoms with Crippen molar-refractivity contribution in [2.75, 3.05) is 12.8 Å². The molecule has 0 spiro atoms. The minimum atomic E-state index is -0.00580. The zero-order valence-corrected chi connectivity index (χ0v) is 14.1. The molecule has 108 valence electrons. The lowest BCUT2D eigenvalue weighted by molar-refractivity contribution is 0.397. The fraction of sp³-hybridized carbons (Fsp3) is 0.400. The number of benzene rings is 1. The summed E-state index contributed by atoms with van der Waals surface area (Å²) in [6, 6.07) is 6.10. The molecule has 0 radical (unpaired) electrons. The van der Waals surface area contributed by atoms with E-state index in [-0.39, 0.29) is 5.41 Å². The molecule has 4 nitrogen and oxygen atoms in total. The predicted molar refractivity (Wildman–Crippen MR) is 86.0 cm³/mol. The number of anilines is 1. The molecule has 0 saturated heterocycles. The highest BCUT2D eigenvalue weighted by atomic mass is 79.9. The molecule has 0 aliphatic rings. The van der Waals surface area contributed by atoms with Gasteiger partial charge >= 0.3 is 0 Å². The van der Waals surface area contributed by atoms with Crippen molar-refractivity contribution in [1.82, 2.24) is 9.55 Å². The Bertz CT molecular complexity index is 641. The lowest BCUT2D eigenvalue weighted by atomic mass is 9.85. The first kappa shape index (κ1) is 14.9. The molecule has 1 aromatic carbocycles. The number of hydrogen-bond donors (Lipinski definition) is 1. The molecule has 0 amide bonds. The molecule has 0 saturated carbocycles. The van der Waals surface area contributed by atoms with E-state index in [1.807, 2.05) is 23.7 Å². The van der Waals surface area contributed by atoms with Gasteiger partial charge in [-0.15, -0.1) is 0 Å². The summed E-state index contributed by atoms with van der Waals surface area (Å²) in [5.41, 5.74) is 8.87. The summed E-state index contributed by atoms with van der Waals surface area (Å²) in [6.45, 7) is 6.49. The van der Waals surface area contributed by atoms with E-state index in [9.17, 15) is 0 Å². The topological polar surface area (TPSA) is 53.1 Å². The van der Waals surface area contributed by atoms with Crippen molar-refractivity contribution in [1.29, 1.82) is 0 Å². The van der Waals surface area contributed by atoms with E-state index < -0.39 is 0 Å². The number of nitrogens with two attached hydrogens (primary N) is 1. The molecular formula is C15H20BrN3O. The summed E-state index contributed by atoms with van der Waals surface area (Å²) in [6.07, 6.45) is 0. The van der Waals surface area contributed by atoms with E-state index in [2.05, 4.69) is 47.8 Å². The third kappa shape index (κ3) is 2.54. The number of imidazole rings is 1. The van der Waals surface area contributed by atoms with Crippen LogP contribution in [0.5, 0.6) is 5.75 Å². The molecule has 0 atom stereocenters. The Morgan fingerprint density at radius 2 is 1.95 bits per heavy atom. The molecule has 0 aliphatic heterocycles. The number of nitrogens with zero attached hydrogens (tertiary/aromatic N) is 2. The first-order valence-corrected chi connectivity index (χ1v) is 7.21. The quantitative estimate of drug-likeness (QED) is 0.908. The first-order valence-electron chi connectivity index (χ1n) is 6.42. The van der Waals surface area contributed by atoms with Crippen LogP contribution in [0.2, 0.25) is 0 Å². The van der Waals surface area contributed by atoms with Crippen LogP contribution in [0.1, 0.15) is 26.3 Å². The van der Waals surface area contributed by atoms with Crippen LogP contribution in [0.3, 0.4) is 0 Å². The fourth-order valence-corrected chi connectivity index (χ4v) is 2.62. The Balaban J connectivity index is 2.62. The number of halogens is 1. The fourth-order valence-electron chi connectivity index (χ4n) is 2.12. The van der Waals surface area contributed by atoms with Crippen molar-refractivity contribution in [2.24, 2.45) is 7.05 Å². The number of nitrogen functional groups attached to an aromatic ring is 1. The second-order valence-electron chi connectivity index (χ2n) is 5.83. The Morgan fingerprint density at radius 1 is 1.30 bits per heavy atom. The largest absolute Gasteiger partial charge is 0.496 e. The van der Waals surface area contributed by atoms with Crippen LogP contribution in [0.15, 0.2) is 22.8 Å². The predicted octanol–water partition coefficient (Wildman–Crippen LogP) is 3.74. The van der Waals surface area contributed by atoms with Crippen LogP contribution in [-0.4, -0.2) is 16.7 Å². The van der Waals surface area contributed by atoms with Gasteiger partial charge in [0.1, 0.15) is 16.0 Å². The van der Waals surface area contributed by atoms with Crippen molar-refractivity contribution in [3.05, 3.63) is 28.4 Å². The number of aromatic nitrogens is 2. The van der Waals surface area contributed by atoms with E-state index >= 15 is 0 Å². The van der Waals surface area contributed by atoms with Gasteiger partial charge in [-0.05, 0) is 39.5 Å². The molecule has 2 N–H and O–H groups in total. The SMILES string of the molecule is COc1ccc(-c2nc(N)n(C)c2Br)cc1C(C)(C)C. The summed E-state index contributed by atoms with van der Waals surface area (Å²) in [5, 5.41) is 0. The summed E-state index contributed by atoms with van der Waals surface area (Å²) in [7, 11) is 3.57. The highest BCUT2D eigenvalue weighted by molar-refractivity contribution is 9.10. The molecular weight excluding hydrogens is 318 g/mol. The van der Waals surface area contributed by atoms with E-state index in [4.69, 9.17) is 10.5 Å².